The fraction of sp³-hybridized carbons (Fsp3) is 0.625. The number of rotatable bonds is 5. The van der Waals surface area contributed by atoms with Gasteiger partial charge in [0.2, 0.25) is 0 Å². The zero-order chi connectivity index (χ0) is 15.5. The lowest BCUT2D eigenvalue weighted by atomic mass is 9.82. The van der Waals surface area contributed by atoms with Crippen LogP contribution in [0.3, 0.4) is 0 Å². The highest BCUT2D eigenvalue weighted by molar-refractivity contribution is 6.33. The van der Waals surface area contributed by atoms with Gasteiger partial charge in [-0.1, -0.05) is 25.4 Å². The molecule has 0 aliphatic carbocycles. The third-order valence-corrected chi connectivity index (χ3v) is 4.95. The van der Waals surface area contributed by atoms with Crippen molar-refractivity contribution in [3.63, 3.8) is 0 Å². The summed E-state index contributed by atoms with van der Waals surface area (Å²) in [6.45, 7) is 8.82. The highest BCUT2D eigenvalue weighted by Crippen LogP contribution is 2.37. The Kier molecular flexibility index (Phi) is 5.09. The molecule has 0 spiro atoms. The molecule has 1 aromatic rings. The number of nitrogens with one attached hydrogen (secondary N) is 1. The predicted molar refractivity (Wildman–Crippen MR) is 86.9 cm³/mol. The largest absolute Gasteiger partial charge is 0.369 e. The molecule has 0 unspecified atom stereocenters. The summed E-state index contributed by atoms with van der Waals surface area (Å²) in [5, 5.41) is 3.57. The van der Waals surface area contributed by atoms with Crippen LogP contribution >= 0.6 is 11.6 Å². The summed E-state index contributed by atoms with van der Waals surface area (Å²) in [6.07, 6.45) is 4.93. The van der Waals surface area contributed by atoms with Gasteiger partial charge in [0.25, 0.3) is 5.91 Å². The quantitative estimate of drug-likeness (QED) is 0.899. The topological polar surface area (TPSA) is 45.2 Å². The Balaban J connectivity index is 2.12. The number of likely N-dealkylation sites (tertiary alicyclic amines) is 1. The molecule has 5 heteroatoms. The van der Waals surface area contributed by atoms with Crippen molar-refractivity contribution in [2.75, 3.05) is 25.0 Å². The average Bonchev–Trinajstić information content (AvgIpc) is 2.94. The molecular weight excluding hydrogens is 286 g/mol. The van der Waals surface area contributed by atoms with Crippen LogP contribution < -0.4 is 5.32 Å². The Bertz CT molecular complexity index is 514. The van der Waals surface area contributed by atoms with Gasteiger partial charge in [0.1, 0.15) is 5.82 Å². The van der Waals surface area contributed by atoms with Crippen molar-refractivity contribution in [1.29, 1.82) is 0 Å². The normalized spacial score (nSPS) is 17.0. The molecule has 4 nitrogen and oxygen atoms in total. The predicted octanol–water partition coefficient (Wildman–Crippen LogP) is 3.82. The maximum Gasteiger partial charge on any atom is 0.255 e. The first-order valence-electron chi connectivity index (χ1n) is 7.74. The van der Waals surface area contributed by atoms with Gasteiger partial charge in [0.05, 0.1) is 10.6 Å². The van der Waals surface area contributed by atoms with Crippen LogP contribution in [-0.4, -0.2) is 35.4 Å². The van der Waals surface area contributed by atoms with E-state index in [-0.39, 0.29) is 11.3 Å². The lowest BCUT2D eigenvalue weighted by molar-refractivity contribution is 0.0769. The van der Waals surface area contributed by atoms with Crippen LogP contribution in [0.15, 0.2) is 12.3 Å². The molecule has 0 radical (unpaired) electrons. The maximum atomic E-state index is 12.6. The summed E-state index contributed by atoms with van der Waals surface area (Å²) in [5.41, 5.74) is 0.862. The highest BCUT2D eigenvalue weighted by atomic mass is 35.5. The maximum absolute atomic E-state index is 12.6. The van der Waals surface area contributed by atoms with Crippen LogP contribution in [0.1, 0.15) is 50.4 Å². The summed E-state index contributed by atoms with van der Waals surface area (Å²) in [7, 11) is 0. The number of carbonyl (C=O) groups excluding carboxylic acids is 1. The number of carbonyl (C=O) groups is 1. The molecule has 1 amide bonds. The SMILES string of the molecule is CCNc1ncc(C(=O)N2CCC(CC)(CC)C2)cc1Cl. The van der Waals surface area contributed by atoms with E-state index in [4.69, 9.17) is 11.6 Å². The molecule has 0 atom stereocenters. The van der Waals surface area contributed by atoms with Crippen LogP contribution in [0.2, 0.25) is 5.02 Å². The van der Waals surface area contributed by atoms with E-state index in [0.29, 0.717) is 16.4 Å². The Morgan fingerprint density at radius 3 is 2.67 bits per heavy atom. The molecule has 21 heavy (non-hydrogen) atoms. The van der Waals surface area contributed by atoms with E-state index in [0.717, 1.165) is 38.9 Å². The zero-order valence-electron chi connectivity index (χ0n) is 13.1. The number of halogens is 1. The van der Waals surface area contributed by atoms with E-state index < -0.39 is 0 Å². The van der Waals surface area contributed by atoms with Crippen LogP contribution in [-0.2, 0) is 0 Å². The minimum Gasteiger partial charge on any atom is -0.369 e. The number of hydrogen-bond acceptors (Lipinski definition) is 3. The van der Waals surface area contributed by atoms with Gasteiger partial charge in [-0.25, -0.2) is 4.98 Å². The molecule has 1 N–H and O–H groups in total. The summed E-state index contributed by atoms with van der Waals surface area (Å²) >= 11 is 6.17. The first kappa shape index (κ1) is 16.1. The van der Waals surface area contributed by atoms with Crippen molar-refractivity contribution in [2.24, 2.45) is 5.41 Å². The zero-order valence-corrected chi connectivity index (χ0v) is 13.8. The van der Waals surface area contributed by atoms with E-state index in [1.165, 1.54) is 0 Å². The van der Waals surface area contributed by atoms with Gasteiger partial charge in [-0.2, -0.15) is 0 Å². The lowest BCUT2D eigenvalue weighted by Gasteiger charge is -2.26. The molecule has 0 aromatic carbocycles. The fourth-order valence-corrected chi connectivity index (χ4v) is 3.20. The van der Waals surface area contributed by atoms with Gasteiger partial charge in [0, 0.05) is 25.8 Å². The fourth-order valence-electron chi connectivity index (χ4n) is 2.97. The summed E-state index contributed by atoms with van der Waals surface area (Å²) in [5.74, 6) is 0.671. The smallest absolute Gasteiger partial charge is 0.255 e. The number of amides is 1. The van der Waals surface area contributed by atoms with E-state index in [1.54, 1.807) is 12.3 Å². The third-order valence-electron chi connectivity index (χ3n) is 4.66. The Hall–Kier alpha value is -1.29. The van der Waals surface area contributed by atoms with Crippen molar-refractivity contribution >= 4 is 23.3 Å². The molecule has 1 aliphatic heterocycles. The number of pyridine rings is 1. The Labute approximate surface area is 131 Å². The minimum absolute atomic E-state index is 0.0382. The molecule has 116 valence electrons. The van der Waals surface area contributed by atoms with Crippen molar-refractivity contribution in [3.05, 3.63) is 22.8 Å². The number of anilines is 1. The molecule has 2 heterocycles. The molecule has 2 rings (SSSR count). The third kappa shape index (κ3) is 3.31. The van der Waals surface area contributed by atoms with Gasteiger partial charge in [0.15, 0.2) is 0 Å². The van der Waals surface area contributed by atoms with Crippen molar-refractivity contribution in [3.8, 4) is 0 Å². The summed E-state index contributed by atoms with van der Waals surface area (Å²) in [4.78, 5) is 18.8. The molecule has 1 saturated heterocycles. The van der Waals surface area contributed by atoms with Gasteiger partial charge in [-0.05, 0) is 37.7 Å². The average molecular weight is 310 g/mol. The molecule has 1 fully saturated rings. The number of nitrogens with zero attached hydrogens (tertiary/aromatic N) is 2. The molecule has 0 bridgehead atoms. The van der Waals surface area contributed by atoms with E-state index in [2.05, 4.69) is 24.1 Å². The Morgan fingerprint density at radius 1 is 1.43 bits per heavy atom. The summed E-state index contributed by atoms with van der Waals surface area (Å²) in [6, 6.07) is 1.72. The monoisotopic (exact) mass is 309 g/mol. The van der Waals surface area contributed by atoms with Crippen LogP contribution in [0.4, 0.5) is 5.82 Å². The van der Waals surface area contributed by atoms with Crippen LogP contribution in [0, 0.1) is 5.41 Å². The van der Waals surface area contributed by atoms with Gasteiger partial charge >= 0.3 is 0 Å². The highest BCUT2D eigenvalue weighted by Gasteiger charge is 2.37. The van der Waals surface area contributed by atoms with Gasteiger partial charge in [-0.3, -0.25) is 4.79 Å². The lowest BCUT2D eigenvalue weighted by Crippen LogP contribution is -2.31. The van der Waals surface area contributed by atoms with Crippen LogP contribution in [0.25, 0.3) is 0 Å². The van der Waals surface area contributed by atoms with E-state index >= 15 is 0 Å². The van der Waals surface area contributed by atoms with Gasteiger partial charge < -0.3 is 10.2 Å². The van der Waals surface area contributed by atoms with E-state index in [9.17, 15) is 4.79 Å². The second-order valence-electron chi connectivity index (χ2n) is 5.77. The van der Waals surface area contributed by atoms with Crippen molar-refractivity contribution < 1.29 is 4.79 Å². The Morgan fingerprint density at radius 2 is 2.14 bits per heavy atom. The van der Waals surface area contributed by atoms with Crippen molar-refractivity contribution in [1.82, 2.24) is 9.88 Å². The number of hydrogen-bond donors (Lipinski definition) is 1. The summed E-state index contributed by atoms with van der Waals surface area (Å²) < 4.78 is 0. The molecule has 0 saturated carbocycles. The van der Waals surface area contributed by atoms with Crippen LogP contribution in [0.5, 0.6) is 0 Å². The standard InChI is InChI=1S/C16H24ClN3O/c1-4-16(5-2)7-8-20(11-16)15(21)12-9-13(17)14(18-6-3)19-10-12/h9-10H,4-8,11H2,1-3H3,(H,18,19). The second-order valence-corrected chi connectivity index (χ2v) is 6.18. The van der Waals surface area contributed by atoms with E-state index in [1.807, 2.05) is 11.8 Å². The minimum atomic E-state index is 0.0382. The molecule has 1 aliphatic rings. The first-order chi connectivity index (χ1) is 10.0. The number of aromatic nitrogens is 1. The van der Waals surface area contributed by atoms with Gasteiger partial charge in [-0.15, -0.1) is 0 Å². The molecule has 1 aromatic heterocycles. The van der Waals surface area contributed by atoms with Crippen molar-refractivity contribution in [2.45, 2.75) is 40.0 Å². The molecular formula is C16H24ClN3O. The second kappa shape index (κ2) is 6.65. The first-order valence-corrected chi connectivity index (χ1v) is 8.11.